The van der Waals surface area contributed by atoms with Crippen LogP contribution < -0.4 is 0 Å². The van der Waals surface area contributed by atoms with E-state index in [4.69, 9.17) is 28.3 Å². The lowest BCUT2D eigenvalue weighted by Crippen LogP contribution is -2.01. The fourth-order valence-electron chi connectivity index (χ4n) is 1.40. The zero-order valence-corrected chi connectivity index (χ0v) is 10.1. The SMILES string of the molecule is O=C(O)c1cnn(Cc2cc(Cl)ccc2Cl)c1. The third-order valence-corrected chi connectivity index (χ3v) is 2.82. The first-order valence-electron chi connectivity index (χ1n) is 4.76. The molecular formula is C11H8Cl2N2O2. The number of hydrogen-bond acceptors (Lipinski definition) is 2. The van der Waals surface area contributed by atoms with Gasteiger partial charge >= 0.3 is 5.97 Å². The first kappa shape index (κ1) is 12.0. The van der Waals surface area contributed by atoms with Crippen LogP contribution >= 0.6 is 23.2 Å². The molecule has 1 heterocycles. The van der Waals surface area contributed by atoms with Crippen LogP contribution in [0.5, 0.6) is 0 Å². The van der Waals surface area contributed by atoms with Crippen LogP contribution in [-0.4, -0.2) is 20.9 Å². The average molecular weight is 271 g/mol. The maximum absolute atomic E-state index is 10.7. The lowest BCUT2D eigenvalue weighted by atomic mass is 10.2. The van der Waals surface area contributed by atoms with Gasteiger partial charge in [0.25, 0.3) is 0 Å². The first-order chi connectivity index (χ1) is 8.06. The van der Waals surface area contributed by atoms with Gasteiger partial charge in [0.1, 0.15) is 0 Å². The molecule has 0 radical (unpaired) electrons. The standard InChI is InChI=1S/C11H8Cl2N2O2/c12-9-1-2-10(13)7(3-9)5-15-6-8(4-14-15)11(16)17/h1-4,6H,5H2,(H,16,17). The van der Waals surface area contributed by atoms with E-state index in [0.717, 1.165) is 5.56 Å². The molecule has 0 saturated carbocycles. The number of carboxylic acid groups (broad SMARTS) is 1. The molecule has 1 aromatic heterocycles. The molecule has 2 rings (SSSR count). The third-order valence-electron chi connectivity index (χ3n) is 2.22. The van der Waals surface area contributed by atoms with Gasteiger partial charge in [0.05, 0.1) is 18.3 Å². The summed E-state index contributed by atoms with van der Waals surface area (Å²) in [5.41, 5.74) is 0.933. The first-order valence-corrected chi connectivity index (χ1v) is 5.51. The van der Waals surface area contributed by atoms with Crippen molar-refractivity contribution in [1.29, 1.82) is 0 Å². The largest absolute Gasteiger partial charge is 0.478 e. The number of carbonyl (C=O) groups is 1. The summed E-state index contributed by atoms with van der Waals surface area (Å²) < 4.78 is 1.50. The molecule has 0 aliphatic rings. The fourth-order valence-corrected chi connectivity index (χ4v) is 1.77. The molecule has 0 bridgehead atoms. The minimum atomic E-state index is -1.01. The van der Waals surface area contributed by atoms with Crippen LogP contribution in [0.15, 0.2) is 30.6 Å². The second-order valence-electron chi connectivity index (χ2n) is 3.47. The summed E-state index contributed by atoms with van der Waals surface area (Å²) in [4.78, 5) is 10.7. The van der Waals surface area contributed by atoms with Crippen LogP contribution in [0, 0.1) is 0 Å². The summed E-state index contributed by atoms with van der Waals surface area (Å²) in [7, 11) is 0. The second kappa shape index (κ2) is 4.77. The van der Waals surface area contributed by atoms with Crippen molar-refractivity contribution in [2.45, 2.75) is 6.54 Å². The number of carboxylic acids is 1. The highest BCUT2D eigenvalue weighted by Crippen LogP contribution is 2.21. The lowest BCUT2D eigenvalue weighted by molar-refractivity contribution is 0.0697. The van der Waals surface area contributed by atoms with Gasteiger partial charge in [-0.05, 0) is 23.8 Å². The van der Waals surface area contributed by atoms with Gasteiger partial charge in [0.15, 0.2) is 0 Å². The summed E-state index contributed by atoms with van der Waals surface area (Å²) in [5.74, 6) is -1.01. The van der Waals surface area contributed by atoms with E-state index in [2.05, 4.69) is 5.10 Å². The van der Waals surface area contributed by atoms with E-state index in [1.54, 1.807) is 18.2 Å². The van der Waals surface area contributed by atoms with E-state index in [1.807, 2.05) is 0 Å². The molecule has 0 atom stereocenters. The van der Waals surface area contributed by atoms with Gasteiger partial charge in [-0.3, -0.25) is 4.68 Å². The zero-order valence-electron chi connectivity index (χ0n) is 8.60. The van der Waals surface area contributed by atoms with Crippen molar-refractivity contribution in [3.05, 3.63) is 51.8 Å². The van der Waals surface area contributed by atoms with Crippen LogP contribution in [0.3, 0.4) is 0 Å². The molecule has 0 unspecified atom stereocenters. The average Bonchev–Trinajstić information content (AvgIpc) is 2.72. The molecule has 1 N–H and O–H groups in total. The Bertz CT molecular complexity index is 566. The number of halogens is 2. The monoisotopic (exact) mass is 270 g/mol. The Morgan fingerprint density at radius 3 is 2.82 bits per heavy atom. The van der Waals surface area contributed by atoms with Gasteiger partial charge in [0, 0.05) is 16.2 Å². The highest BCUT2D eigenvalue weighted by molar-refractivity contribution is 6.33. The Balaban J connectivity index is 2.25. The Hall–Kier alpha value is -1.52. The Labute approximate surface area is 107 Å². The van der Waals surface area contributed by atoms with E-state index in [9.17, 15) is 4.79 Å². The predicted octanol–water partition coefficient (Wildman–Crippen LogP) is 2.94. The van der Waals surface area contributed by atoms with Gasteiger partial charge in [-0.15, -0.1) is 0 Å². The minimum Gasteiger partial charge on any atom is -0.478 e. The molecule has 17 heavy (non-hydrogen) atoms. The molecule has 6 heteroatoms. The number of aromatic nitrogens is 2. The van der Waals surface area contributed by atoms with Crippen LogP contribution in [0.25, 0.3) is 0 Å². The molecule has 2 aromatic rings. The highest BCUT2D eigenvalue weighted by Gasteiger charge is 2.08. The highest BCUT2D eigenvalue weighted by atomic mass is 35.5. The summed E-state index contributed by atoms with van der Waals surface area (Å²) >= 11 is 11.9. The normalized spacial score (nSPS) is 10.5. The minimum absolute atomic E-state index is 0.142. The van der Waals surface area contributed by atoms with Crippen LogP contribution in [0.1, 0.15) is 15.9 Å². The predicted molar refractivity (Wildman–Crippen MR) is 64.8 cm³/mol. The maximum atomic E-state index is 10.7. The number of aromatic carboxylic acids is 1. The number of rotatable bonds is 3. The molecule has 4 nitrogen and oxygen atoms in total. The summed E-state index contributed by atoms with van der Waals surface area (Å²) in [5, 5.41) is 13.8. The van der Waals surface area contributed by atoms with Crippen molar-refractivity contribution in [2.75, 3.05) is 0 Å². The van der Waals surface area contributed by atoms with E-state index >= 15 is 0 Å². The maximum Gasteiger partial charge on any atom is 0.338 e. The topological polar surface area (TPSA) is 55.1 Å². The van der Waals surface area contributed by atoms with Crippen molar-refractivity contribution in [3.8, 4) is 0 Å². The van der Waals surface area contributed by atoms with E-state index in [-0.39, 0.29) is 5.56 Å². The molecule has 0 spiro atoms. The third kappa shape index (κ3) is 2.78. The van der Waals surface area contributed by atoms with Crippen LogP contribution in [0.2, 0.25) is 10.0 Å². The van der Waals surface area contributed by atoms with Crippen molar-refractivity contribution >= 4 is 29.2 Å². The van der Waals surface area contributed by atoms with Crippen molar-refractivity contribution < 1.29 is 9.90 Å². The lowest BCUT2D eigenvalue weighted by Gasteiger charge is -2.04. The Kier molecular flexibility index (Phi) is 3.36. The van der Waals surface area contributed by atoms with Crippen molar-refractivity contribution in [1.82, 2.24) is 9.78 Å². The number of nitrogens with zero attached hydrogens (tertiary/aromatic N) is 2. The number of hydrogen-bond donors (Lipinski definition) is 1. The van der Waals surface area contributed by atoms with E-state index in [1.165, 1.54) is 17.1 Å². The van der Waals surface area contributed by atoms with Crippen LogP contribution in [0.4, 0.5) is 0 Å². The number of benzene rings is 1. The Morgan fingerprint density at radius 1 is 1.41 bits per heavy atom. The molecule has 0 fully saturated rings. The summed E-state index contributed by atoms with van der Waals surface area (Å²) in [6, 6.07) is 5.12. The van der Waals surface area contributed by atoms with Gasteiger partial charge < -0.3 is 5.11 Å². The molecule has 0 saturated heterocycles. The smallest absolute Gasteiger partial charge is 0.338 e. The fraction of sp³-hybridized carbons (Fsp3) is 0.0909. The quantitative estimate of drug-likeness (QED) is 0.933. The second-order valence-corrected chi connectivity index (χ2v) is 4.31. The van der Waals surface area contributed by atoms with Gasteiger partial charge in [0.2, 0.25) is 0 Å². The Morgan fingerprint density at radius 2 is 2.18 bits per heavy atom. The van der Waals surface area contributed by atoms with Crippen molar-refractivity contribution in [3.63, 3.8) is 0 Å². The van der Waals surface area contributed by atoms with Gasteiger partial charge in [-0.25, -0.2) is 4.79 Å². The van der Waals surface area contributed by atoms with Gasteiger partial charge in [-0.1, -0.05) is 23.2 Å². The molecule has 0 amide bonds. The zero-order chi connectivity index (χ0) is 12.4. The summed E-state index contributed by atoms with van der Waals surface area (Å²) in [6.07, 6.45) is 2.74. The van der Waals surface area contributed by atoms with Crippen LogP contribution in [-0.2, 0) is 6.54 Å². The molecular weight excluding hydrogens is 263 g/mol. The molecule has 1 aromatic carbocycles. The van der Waals surface area contributed by atoms with Crippen molar-refractivity contribution in [2.24, 2.45) is 0 Å². The molecule has 0 aliphatic carbocycles. The van der Waals surface area contributed by atoms with Gasteiger partial charge in [-0.2, -0.15) is 5.10 Å². The van der Waals surface area contributed by atoms with E-state index < -0.39 is 5.97 Å². The summed E-state index contributed by atoms with van der Waals surface area (Å²) in [6.45, 7) is 0.382. The van der Waals surface area contributed by atoms with E-state index in [0.29, 0.717) is 16.6 Å². The molecule has 0 aliphatic heterocycles. The molecule has 88 valence electrons.